The second-order valence-corrected chi connectivity index (χ2v) is 8.44. The van der Waals surface area contributed by atoms with Crippen LogP contribution in [0.25, 0.3) is 0 Å². The third-order valence-electron chi connectivity index (χ3n) is 5.43. The Morgan fingerprint density at radius 2 is 1.72 bits per heavy atom. The molecule has 0 unspecified atom stereocenters. The van der Waals surface area contributed by atoms with Crippen LogP contribution in [0.3, 0.4) is 0 Å². The van der Waals surface area contributed by atoms with Gasteiger partial charge in [-0.1, -0.05) is 51.7 Å². The molecule has 0 atom stereocenters. The first kappa shape index (κ1) is 28.2. The second-order valence-electron chi connectivity index (χ2n) is 8.44. The van der Waals surface area contributed by atoms with Crippen molar-refractivity contribution in [2.75, 3.05) is 20.2 Å². The summed E-state index contributed by atoms with van der Waals surface area (Å²) in [5.74, 6) is 4.27. The molecule has 0 aliphatic rings. The van der Waals surface area contributed by atoms with Gasteiger partial charge in [0, 0.05) is 20.1 Å². The van der Waals surface area contributed by atoms with Gasteiger partial charge in [-0.05, 0) is 43.4 Å². The van der Waals surface area contributed by atoms with E-state index in [2.05, 4.69) is 46.8 Å². The molecule has 180 valence electrons. The van der Waals surface area contributed by atoms with E-state index in [4.69, 9.17) is 9.73 Å². The summed E-state index contributed by atoms with van der Waals surface area (Å²) in [6.45, 7) is 8.77. The van der Waals surface area contributed by atoms with Gasteiger partial charge in [0.1, 0.15) is 18.1 Å². The molecule has 0 bridgehead atoms. The maximum absolute atomic E-state index is 5.23. The molecule has 0 radical (unpaired) electrons. The van der Waals surface area contributed by atoms with Crippen molar-refractivity contribution >= 4 is 29.9 Å². The fourth-order valence-electron chi connectivity index (χ4n) is 3.27. The fraction of sp³-hybridized carbons (Fsp3) is 0.625. The van der Waals surface area contributed by atoms with Crippen molar-refractivity contribution in [3.8, 4) is 5.75 Å². The van der Waals surface area contributed by atoms with E-state index in [-0.39, 0.29) is 24.0 Å². The van der Waals surface area contributed by atoms with E-state index >= 15 is 0 Å². The molecular formula is C24H41IN6O. The summed E-state index contributed by atoms with van der Waals surface area (Å²) in [5.41, 5.74) is 1.27. The largest absolute Gasteiger partial charge is 0.497 e. The van der Waals surface area contributed by atoms with Crippen LogP contribution in [0.2, 0.25) is 0 Å². The van der Waals surface area contributed by atoms with Gasteiger partial charge < -0.3 is 19.9 Å². The lowest BCUT2D eigenvalue weighted by Crippen LogP contribution is -2.39. The van der Waals surface area contributed by atoms with Gasteiger partial charge in [0.2, 0.25) is 0 Å². The van der Waals surface area contributed by atoms with Crippen LogP contribution < -0.4 is 15.4 Å². The van der Waals surface area contributed by atoms with Crippen LogP contribution in [0.15, 0.2) is 29.3 Å². The van der Waals surface area contributed by atoms with E-state index in [9.17, 15) is 0 Å². The van der Waals surface area contributed by atoms with Gasteiger partial charge in [-0.3, -0.25) is 0 Å². The predicted molar refractivity (Wildman–Crippen MR) is 143 cm³/mol. The number of unbranched alkanes of at least 4 members (excludes halogenated alkanes) is 3. The Morgan fingerprint density at radius 3 is 2.34 bits per heavy atom. The standard InChI is InChI=1S/C24H40N6O.HI/c1-19(2)10-8-6-7-9-16-25-24(27-18-23-29-28-20(3)30(23)4)26-17-15-21-11-13-22(31-5)14-12-21;/h11-14,19H,6-10,15-18H2,1-5H3,(H2,25,26,27);1H. The Balaban J connectivity index is 0.00000512. The minimum atomic E-state index is 0. The minimum Gasteiger partial charge on any atom is -0.497 e. The summed E-state index contributed by atoms with van der Waals surface area (Å²) >= 11 is 0. The summed E-state index contributed by atoms with van der Waals surface area (Å²) in [6, 6.07) is 8.20. The molecule has 2 N–H and O–H groups in total. The molecule has 0 aliphatic heterocycles. The highest BCUT2D eigenvalue weighted by atomic mass is 127. The quantitative estimate of drug-likeness (QED) is 0.163. The summed E-state index contributed by atoms with van der Waals surface area (Å²) in [6.07, 6.45) is 7.27. The van der Waals surface area contributed by atoms with Crippen molar-refractivity contribution in [1.29, 1.82) is 0 Å². The first-order chi connectivity index (χ1) is 15.0. The smallest absolute Gasteiger partial charge is 0.191 e. The molecule has 0 saturated heterocycles. The number of aromatic nitrogens is 3. The molecular weight excluding hydrogens is 515 g/mol. The maximum Gasteiger partial charge on any atom is 0.191 e. The van der Waals surface area contributed by atoms with Crippen LogP contribution in [0, 0.1) is 12.8 Å². The third kappa shape index (κ3) is 10.7. The topological polar surface area (TPSA) is 76.4 Å². The lowest BCUT2D eigenvalue weighted by molar-refractivity contribution is 0.414. The van der Waals surface area contributed by atoms with E-state index in [1.165, 1.54) is 31.2 Å². The van der Waals surface area contributed by atoms with E-state index < -0.39 is 0 Å². The molecule has 1 aromatic heterocycles. The van der Waals surface area contributed by atoms with E-state index in [1.807, 2.05) is 30.7 Å². The van der Waals surface area contributed by atoms with Crippen molar-refractivity contribution < 1.29 is 4.74 Å². The lowest BCUT2D eigenvalue weighted by Gasteiger charge is -2.13. The molecule has 0 aliphatic carbocycles. The number of rotatable bonds is 13. The number of nitrogens with one attached hydrogen (secondary N) is 2. The number of hydrogen-bond donors (Lipinski definition) is 2. The number of aliphatic imine (C=N–C) groups is 1. The predicted octanol–water partition coefficient (Wildman–Crippen LogP) is 4.63. The Labute approximate surface area is 210 Å². The van der Waals surface area contributed by atoms with Crippen LogP contribution in [0.1, 0.15) is 63.2 Å². The molecule has 32 heavy (non-hydrogen) atoms. The van der Waals surface area contributed by atoms with E-state index in [0.29, 0.717) is 6.54 Å². The van der Waals surface area contributed by atoms with Gasteiger partial charge >= 0.3 is 0 Å². The van der Waals surface area contributed by atoms with Crippen molar-refractivity contribution in [3.05, 3.63) is 41.5 Å². The van der Waals surface area contributed by atoms with Crippen molar-refractivity contribution in [3.63, 3.8) is 0 Å². The number of nitrogens with zero attached hydrogens (tertiary/aromatic N) is 4. The molecule has 0 saturated carbocycles. The number of hydrogen-bond acceptors (Lipinski definition) is 4. The maximum atomic E-state index is 5.23. The first-order valence-corrected chi connectivity index (χ1v) is 11.5. The molecule has 0 spiro atoms. The van der Waals surface area contributed by atoms with Crippen molar-refractivity contribution in [1.82, 2.24) is 25.4 Å². The highest BCUT2D eigenvalue weighted by molar-refractivity contribution is 14.0. The number of benzene rings is 1. The number of halogens is 1. The Hall–Kier alpha value is -1.84. The highest BCUT2D eigenvalue weighted by Crippen LogP contribution is 2.11. The number of guanidine groups is 1. The first-order valence-electron chi connectivity index (χ1n) is 11.5. The van der Waals surface area contributed by atoms with Gasteiger partial charge in [-0.15, -0.1) is 34.2 Å². The molecule has 1 aromatic carbocycles. The zero-order valence-electron chi connectivity index (χ0n) is 20.4. The molecule has 0 fully saturated rings. The van der Waals surface area contributed by atoms with Crippen LogP contribution in [-0.2, 0) is 20.0 Å². The van der Waals surface area contributed by atoms with Crippen molar-refractivity contribution in [2.24, 2.45) is 18.0 Å². The number of methoxy groups -OCH3 is 1. The Kier molecular flexibility index (Phi) is 14.0. The summed E-state index contributed by atoms with van der Waals surface area (Å²) in [4.78, 5) is 4.73. The van der Waals surface area contributed by atoms with Crippen LogP contribution in [0.5, 0.6) is 5.75 Å². The Morgan fingerprint density at radius 1 is 1.03 bits per heavy atom. The van der Waals surface area contributed by atoms with Gasteiger partial charge in [0.25, 0.3) is 0 Å². The minimum absolute atomic E-state index is 0. The van der Waals surface area contributed by atoms with E-state index in [1.54, 1.807) is 7.11 Å². The molecule has 0 amide bonds. The van der Waals surface area contributed by atoms with Gasteiger partial charge in [-0.2, -0.15) is 0 Å². The highest BCUT2D eigenvalue weighted by Gasteiger charge is 2.05. The third-order valence-corrected chi connectivity index (χ3v) is 5.43. The molecule has 8 heteroatoms. The molecule has 7 nitrogen and oxygen atoms in total. The Bertz CT molecular complexity index is 788. The summed E-state index contributed by atoms with van der Waals surface area (Å²) < 4.78 is 7.21. The molecule has 2 aromatic rings. The lowest BCUT2D eigenvalue weighted by atomic mass is 10.0. The van der Waals surface area contributed by atoms with Gasteiger partial charge in [0.15, 0.2) is 11.8 Å². The monoisotopic (exact) mass is 556 g/mol. The van der Waals surface area contributed by atoms with Crippen LogP contribution in [0.4, 0.5) is 0 Å². The average Bonchev–Trinajstić information content (AvgIpc) is 3.08. The normalized spacial score (nSPS) is 11.4. The van der Waals surface area contributed by atoms with Gasteiger partial charge in [0.05, 0.1) is 7.11 Å². The summed E-state index contributed by atoms with van der Waals surface area (Å²) in [7, 11) is 3.66. The molecule has 1 heterocycles. The van der Waals surface area contributed by atoms with Gasteiger partial charge in [-0.25, -0.2) is 4.99 Å². The fourth-order valence-corrected chi connectivity index (χ4v) is 3.27. The zero-order chi connectivity index (χ0) is 22.5. The van der Waals surface area contributed by atoms with Crippen LogP contribution >= 0.6 is 24.0 Å². The molecule has 2 rings (SSSR count). The second kappa shape index (κ2) is 15.9. The zero-order valence-corrected chi connectivity index (χ0v) is 22.7. The van der Waals surface area contributed by atoms with Crippen LogP contribution in [-0.4, -0.2) is 40.9 Å². The van der Waals surface area contributed by atoms with Crippen molar-refractivity contribution in [2.45, 2.75) is 65.8 Å². The average molecular weight is 557 g/mol. The SMILES string of the molecule is COc1ccc(CCNC(=NCc2nnc(C)n2C)NCCCCCCC(C)C)cc1.I. The number of aryl methyl sites for hydroxylation is 1. The van der Waals surface area contributed by atoms with E-state index in [0.717, 1.165) is 55.2 Å². The summed E-state index contributed by atoms with van der Waals surface area (Å²) in [5, 5.41) is 15.3. The number of ether oxygens (including phenoxy) is 1.